The van der Waals surface area contributed by atoms with Gasteiger partial charge in [-0.25, -0.2) is 0 Å². The van der Waals surface area contributed by atoms with E-state index < -0.39 is 0 Å². The summed E-state index contributed by atoms with van der Waals surface area (Å²) in [7, 11) is 0. The van der Waals surface area contributed by atoms with E-state index in [1.165, 1.54) is 12.8 Å². The van der Waals surface area contributed by atoms with E-state index in [4.69, 9.17) is 4.52 Å². The summed E-state index contributed by atoms with van der Waals surface area (Å²) in [6, 6.07) is 0. The van der Waals surface area contributed by atoms with Crippen molar-refractivity contribution in [2.45, 2.75) is 44.9 Å². The smallest absolute Gasteiger partial charge is 0.228 e. The van der Waals surface area contributed by atoms with Gasteiger partial charge in [-0.15, -0.1) is 0 Å². The lowest BCUT2D eigenvalue weighted by Gasteiger charge is -2.33. The van der Waals surface area contributed by atoms with Crippen molar-refractivity contribution in [3.05, 3.63) is 11.7 Å². The zero-order chi connectivity index (χ0) is 16.7. The van der Waals surface area contributed by atoms with E-state index in [2.05, 4.69) is 10.1 Å². The predicted molar refractivity (Wildman–Crippen MR) is 85.0 cm³/mol. The average Bonchev–Trinajstić information content (AvgIpc) is 3.18. The van der Waals surface area contributed by atoms with Gasteiger partial charge in [-0.2, -0.15) is 4.98 Å². The molecule has 4 rings (SSSR count). The molecule has 7 heteroatoms. The molecule has 3 heterocycles. The lowest BCUT2D eigenvalue weighted by molar-refractivity contribution is -0.137. The van der Waals surface area contributed by atoms with Crippen LogP contribution in [0.1, 0.15) is 49.7 Å². The topological polar surface area (TPSA) is 79.5 Å². The van der Waals surface area contributed by atoms with Crippen LogP contribution >= 0.6 is 0 Å². The summed E-state index contributed by atoms with van der Waals surface area (Å²) in [5.41, 5.74) is 0. The molecule has 24 heavy (non-hydrogen) atoms. The number of aromatic nitrogens is 2. The van der Waals surface area contributed by atoms with Gasteiger partial charge < -0.3 is 14.3 Å². The molecule has 3 aliphatic rings. The Hall–Kier alpha value is -1.92. The van der Waals surface area contributed by atoms with Crippen LogP contribution < -0.4 is 0 Å². The van der Waals surface area contributed by atoms with Crippen molar-refractivity contribution in [1.29, 1.82) is 0 Å². The Bertz CT molecular complexity index is 640. The third-order valence-electron chi connectivity index (χ3n) is 5.38. The monoisotopic (exact) mass is 332 g/mol. The minimum absolute atomic E-state index is 0.117. The van der Waals surface area contributed by atoms with Gasteiger partial charge in [0, 0.05) is 45.4 Å². The highest BCUT2D eigenvalue weighted by molar-refractivity contribution is 5.89. The Kier molecular flexibility index (Phi) is 4.02. The molecule has 2 saturated heterocycles. The van der Waals surface area contributed by atoms with Gasteiger partial charge in [0.15, 0.2) is 5.82 Å². The van der Waals surface area contributed by atoms with Gasteiger partial charge in [0.1, 0.15) is 0 Å². The van der Waals surface area contributed by atoms with Gasteiger partial charge >= 0.3 is 0 Å². The minimum Gasteiger partial charge on any atom is -0.342 e. The van der Waals surface area contributed by atoms with Crippen LogP contribution in [0.25, 0.3) is 0 Å². The number of nitrogens with zero attached hydrogens (tertiary/aromatic N) is 4. The molecule has 3 fully saturated rings. The summed E-state index contributed by atoms with van der Waals surface area (Å²) in [6.45, 7) is 4.61. The first kappa shape index (κ1) is 15.6. The van der Waals surface area contributed by atoms with Crippen LogP contribution in [0.3, 0.4) is 0 Å². The molecule has 0 bridgehead atoms. The maximum absolute atomic E-state index is 12.9. The largest absolute Gasteiger partial charge is 0.342 e. The van der Waals surface area contributed by atoms with Crippen LogP contribution in [-0.2, 0) is 9.59 Å². The summed E-state index contributed by atoms with van der Waals surface area (Å²) in [5.74, 6) is 2.15. The highest BCUT2D eigenvalue weighted by Crippen LogP contribution is 2.33. The predicted octanol–water partition coefficient (Wildman–Crippen LogP) is 1.34. The second kappa shape index (κ2) is 6.18. The molecular formula is C17H24N4O3. The number of piperidine rings is 1. The first-order valence-electron chi connectivity index (χ1n) is 8.97. The molecule has 2 aliphatic heterocycles. The zero-order valence-electron chi connectivity index (χ0n) is 14.1. The quantitative estimate of drug-likeness (QED) is 0.831. The summed E-state index contributed by atoms with van der Waals surface area (Å²) in [5, 5.41) is 4.01. The minimum atomic E-state index is -0.179. The van der Waals surface area contributed by atoms with Gasteiger partial charge in [-0.05, 0) is 31.6 Å². The van der Waals surface area contributed by atoms with Crippen molar-refractivity contribution < 1.29 is 14.1 Å². The summed E-state index contributed by atoms with van der Waals surface area (Å²) in [4.78, 5) is 33.1. The lowest BCUT2D eigenvalue weighted by atomic mass is 9.95. The normalized spacial score (nSPS) is 27.8. The molecule has 0 unspecified atom stereocenters. The van der Waals surface area contributed by atoms with Crippen molar-refractivity contribution in [2.24, 2.45) is 11.8 Å². The van der Waals surface area contributed by atoms with E-state index in [0.717, 1.165) is 25.9 Å². The van der Waals surface area contributed by atoms with Crippen LogP contribution in [0.15, 0.2) is 4.52 Å². The molecule has 1 aromatic rings. The van der Waals surface area contributed by atoms with Gasteiger partial charge in [0.25, 0.3) is 0 Å². The first-order chi connectivity index (χ1) is 11.6. The second-order valence-corrected chi connectivity index (χ2v) is 7.44. The Morgan fingerprint density at radius 3 is 2.83 bits per heavy atom. The number of carbonyl (C=O) groups is 2. The molecule has 1 aliphatic carbocycles. The highest BCUT2D eigenvalue weighted by atomic mass is 16.5. The standard InChI is InChI=1S/C17H24N4O3/c1-11-18-16(19-24-11)13-3-2-6-20(9-13)17(23)14-7-15(22)21(10-14)8-12-4-5-12/h12-14H,2-10H2,1H3/t13-,14-/m1/s1. The summed E-state index contributed by atoms with van der Waals surface area (Å²) >= 11 is 0. The van der Waals surface area contributed by atoms with E-state index in [1.807, 2.05) is 9.80 Å². The third-order valence-corrected chi connectivity index (χ3v) is 5.38. The number of rotatable bonds is 4. The first-order valence-corrected chi connectivity index (χ1v) is 8.97. The molecule has 1 aromatic heterocycles. The number of hydrogen-bond donors (Lipinski definition) is 0. The number of hydrogen-bond acceptors (Lipinski definition) is 5. The van der Waals surface area contributed by atoms with Crippen LogP contribution in [0.2, 0.25) is 0 Å². The maximum Gasteiger partial charge on any atom is 0.228 e. The Labute approximate surface area is 141 Å². The van der Waals surface area contributed by atoms with Gasteiger partial charge in [-0.3, -0.25) is 9.59 Å². The van der Waals surface area contributed by atoms with E-state index in [9.17, 15) is 9.59 Å². The van der Waals surface area contributed by atoms with Gasteiger partial charge in [0.05, 0.1) is 5.92 Å². The van der Waals surface area contributed by atoms with Crippen molar-refractivity contribution in [2.75, 3.05) is 26.2 Å². The fourth-order valence-electron chi connectivity index (χ4n) is 3.85. The number of carbonyl (C=O) groups excluding carboxylic acids is 2. The fourth-order valence-corrected chi connectivity index (χ4v) is 3.85. The Morgan fingerprint density at radius 2 is 2.12 bits per heavy atom. The van der Waals surface area contributed by atoms with Crippen molar-refractivity contribution in [3.8, 4) is 0 Å². The molecule has 1 saturated carbocycles. The van der Waals surface area contributed by atoms with Gasteiger partial charge in [-0.1, -0.05) is 5.16 Å². The van der Waals surface area contributed by atoms with Crippen LogP contribution in [0.4, 0.5) is 0 Å². The fraction of sp³-hybridized carbons (Fsp3) is 0.765. The van der Waals surface area contributed by atoms with Crippen molar-refractivity contribution in [3.63, 3.8) is 0 Å². The van der Waals surface area contributed by atoms with E-state index in [-0.39, 0.29) is 23.7 Å². The van der Waals surface area contributed by atoms with Crippen LogP contribution in [-0.4, -0.2) is 57.9 Å². The Morgan fingerprint density at radius 1 is 1.29 bits per heavy atom. The molecule has 0 radical (unpaired) electrons. The Balaban J connectivity index is 1.38. The number of likely N-dealkylation sites (tertiary alicyclic amines) is 2. The lowest BCUT2D eigenvalue weighted by Crippen LogP contribution is -2.43. The van der Waals surface area contributed by atoms with Gasteiger partial charge in [0.2, 0.25) is 17.7 Å². The van der Waals surface area contributed by atoms with E-state index in [0.29, 0.717) is 37.1 Å². The molecule has 7 nitrogen and oxygen atoms in total. The van der Waals surface area contributed by atoms with Crippen LogP contribution in [0.5, 0.6) is 0 Å². The number of aryl methyl sites for hydroxylation is 1. The second-order valence-electron chi connectivity index (χ2n) is 7.44. The van der Waals surface area contributed by atoms with Crippen molar-refractivity contribution in [1.82, 2.24) is 19.9 Å². The number of amides is 2. The molecule has 0 N–H and O–H groups in total. The zero-order valence-corrected chi connectivity index (χ0v) is 14.1. The molecule has 130 valence electrons. The highest BCUT2D eigenvalue weighted by Gasteiger charge is 2.40. The molecule has 2 amide bonds. The van der Waals surface area contributed by atoms with Crippen LogP contribution in [0, 0.1) is 18.8 Å². The van der Waals surface area contributed by atoms with E-state index in [1.54, 1.807) is 6.92 Å². The molecule has 0 aromatic carbocycles. The van der Waals surface area contributed by atoms with E-state index >= 15 is 0 Å². The molecule has 2 atom stereocenters. The third kappa shape index (κ3) is 3.16. The maximum atomic E-state index is 12.9. The molecular weight excluding hydrogens is 308 g/mol. The summed E-state index contributed by atoms with van der Waals surface area (Å²) < 4.78 is 5.07. The SMILES string of the molecule is Cc1nc([C@@H]2CCCN(C(=O)[C@@H]3CC(=O)N(CC4CC4)C3)C2)no1. The summed E-state index contributed by atoms with van der Waals surface area (Å²) in [6.07, 6.45) is 4.73. The molecule has 0 spiro atoms. The van der Waals surface area contributed by atoms with Crippen molar-refractivity contribution >= 4 is 11.8 Å². The average molecular weight is 332 g/mol.